The van der Waals surface area contributed by atoms with Gasteiger partial charge in [-0.3, -0.25) is 4.79 Å². The van der Waals surface area contributed by atoms with Crippen LogP contribution in [0.1, 0.15) is 17.3 Å². The lowest BCUT2D eigenvalue weighted by Crippen LogP contribution is -2.30. The number of hydrogen-bond acceptors (Lipinski definition) is 5. The van der Waals surface area contributed by atoms with Crippen molar-refractivity contribution in [2.45, 2.75) is 13.0 Å². The number of rotatable bonds is 5. The molecule has 0 fully saturated rings. The summed E-state index contributed by atoms with van der Waals surface area (Å²) in [6.45, 7) is 1.54. The van der Waals surface area contributed by atoms with E-state index in [0.29, 0.717) is 28.2 Å². The number of nitrogens with one attached hydrogen (secondary N) is 1. The molecule has 0 aliphatic carbocycles. The Kier molecular flexibility index (Phi) is 5.32. The third kappa shape index (κ3) is 4.19. The summed E-state index contributed by atoms with van der Waals surface area (Å²) < 4.78 is 11.3. The zero-order valence-corrected chi connectivity index (χ0v) is 17.8. The van der Waals surface area contributed by atoms with E-state index in [1.54, 1.807) is 24.3 Å². The molecule has 0 bridgehead atoms. The minimum atomic E-state index is -0.999. The molecule has 162 valence electrons. The van der Waals surface area contributed by atoms with E-state index < -0.39 is 18.0 Å². The molecule has 0 aliphatic heterocycles. The summed E-state index contributed by atoms with van der Waals surface area (Å²) in [7, 11) is 0. The average molecular weight is 436 g/mol. The number of carbonyl (C=O) groups is 2. The van der Waals surface area contributed by atoms with Gasteiger partial charge in [-0.15, -0.1) is 0 Å². The second-order valence-corrected chi connectivity index (χ2v) is 7.63. The lowest BCUT2D eigenvalue weighted by atomic mass is 10.1. The highest BCUT2D eigenvalue weighted by atomic mass is 16.5. The van der Waals surface area contributed by atoms with Crippen LogP contribution in [0, 0.1) is 0 Å². The highest BCUT2D eigenvalue weighted by Crippen LogP contribution is 2.27. The van der Waals surface area contributed by atoms with Crippen LogP contribution in [0.5, 0.6) is 0 Å². The Labute approximate surface area is 189 Å². The van der Waals surface area contributed by atoms with Gasteiger partial charge in [0, 0.05) is 5.69 Å². The first-order valence-electron chi connectivity index (χ1n) is 10.5. The Morgan fingerprint density at radius 1 is 0.879 bits per heavy atom. The number of carbonyl (C=O) groups excluding carboxylic acids is 2. The number of benzene rings is 4. The Hall–Kier alpha value is -4.45. The summed E-state index contributed by atoms with van der Waals surface area (Å²) in [5.41, 5.74) is 2.72. The Morgan fingerprint density at radius 3 is 2.45 bits per heavy atom. The van der Waals surface area contributed by atoms with E-state index in [1.807, 2.05) is 66.7 Å². The lowest BCUT2D eigenvalue weighted by molar-refractivity contribution is -0.123. The number of aromatic nitrogens is 1. The fourth-order valence-electron chi connectivity index (χ4n) is 3.62. The predicted octanol–water partition coefficient (Wildman–Crippen LogP) is 5.83. The van der Waals surface area contributed by atoms with Crippen LogP contribution in [-0.2, 0) is 9.53 Å². The molecule has 1 aromatic heterocycles. The van der Waals surface area contributed by atoms with Crippen LogP contribution in [0.25, 0.3) is 33.3 Å². The molecule has 1 atom stereocenters. The first-order chi connectivity index (χ1) is 16.1. The third-order valence-electron chi connectivity index (χ3n) is 5.34. The zero-order chi connectivity index (χ0) is 22.8. The fraction of sp³-hybridized carbons (Fsp3) is 0.0741. The van der Waals surface area contributed by atoms with Gasteiger partial charge in [0.25, 0.3) is 5.91 Å². The highest BCUT2D eigenvalue weighted by Gasteiger charge is 2.23. The van der Waals surface area contributed by atoms with Gasteiger partial charge < -0.3 is 14.5 Å². The number of fused-ring (bicyclic) bond motifs is 2. The Morgan fingerprint density at radius 2 is 1.61 bits per heavy atom. The molecule has 33 heavy (non-hydrogen) atoms. The maximum atomic E-state index is 12.9. The summed E-state index contributed by atoms with van der Waals surface area (Å²) in [4.78, 5) is 30.1. The molecule has 6 heteroatoms. The summed E-state index contributed by atoms with van der Waals surface area (Å²) in [6, 6.07) is 27.7. The van der Waals surface area contributed by atoms with Crippen LogP contribution in [0.15, 0.2) is 95.4 Å². The number of para-hydroxylation sites is 2. The summed E-state index contributed by atoms with van der Waals surface area (Å²) in [5, 5.41) is 4.89. The Balaban J connectivity index is 1.33. The van der Waals surface area contributed by atoms with Gasteiger partial charge in [-0.25, -0.2) is 9.78 Å². The van der Waals surface area contributed by atoms with E-state index in [0.717, 1.165) is 10.8 Å². The molecule has 0 aliphatic rings. The van der Waals surface area contributed by atoms with Crippen molar-refractivity contribution in [2.75, 3.05) is 5.32 Å². The van der Waals surface area contributed by atoms with Crippen molar-refractivity contribution < 1.29 is 18.7 Å². The molecule has 5 aromatic rings. The highest BCUT2D eigenvalue weighted by molar-refractivity contribution is 6.01. The summed E-state index contributed by atoms with van der Waals surface area (Å²) >= 11 is 0. The van der Waals surface area contributed by atoms with E-state index in [9.17, 15) is 9.59 Å². The first kappa shape index (κ1) is 20.5. The molecule has 1 heterocycles. The standard InChI is InChI=1S/C27H20N2O4/c1-17(25(30)28-20-15-14-18-8-2-3-9-19(18)16-20)32-27(31)22-11-5-4-10-21(22)26-29-23-12-6-7-13-24(23)33-26/h2-17H,1H3,(H,28,30). The van der Waals surface area contributed by atoms with Crippen LogP contribution in [0.3, 0.4) is 0 Å². The Bertz CT molecular complexity index is 1460. The molecular weight excluding hydrogens is 416 g/mol. The monoisotopic (exact) mass is 436 g/mol. The molecule has 1 amide bonds. The van der Waals surface area contributed by atoms with Crippen molar-refractivity contribution in [3.05, 3.63) is 96.6 Å². The van der Waals surface area contributed by atoms with Crippen molar-refractivity contribution in [1.29, 1.82) is 0 Å². The lowest BCUT2D eigenvalue weighted by Gasteiger charge is -2.15. The van der Waals surface area contributed by atoms with Gasteiger partial charge in [0.05, 0.1) is 11.1 Å². The predicted molar refractivity (Wildman–Crippen MR) is 127 cm³/mol. The number of amides is 1. The van der Waals surface area contributed by atoms with Crippen LogP contribution in [-0.4, -0.2) is 23.0 Å². The van der Waals surface area contributed by atoms with Crippen LogP contribution < -0.4 is 5.32 Å². The van der Waals surface area contributed by atoms with Crippen molar-refractivity contribution in [3.63, 3.8) is 0 Å². The number of nitrogens with zero attached hydrogens (tertiary/aromatic N) is 1. The molecule has 0 saturated carbocycles. The third-order valence-corrected chi connectivity index (χ3v) is 5.34. The van der Waals surface area contributed by atoms with Gasteiger partial charge in [0.2, 0.25) is 5.89 Å². The van der Waals surface area contributed by atoms with Crippen LogP contribution in [0.4, 0.5) is 5.69 Å². The minimum Gasteiger partial charge on any atom is -0.449 e. The number of ether oxygens (including phenoxy) is 1. The first-order valence-corrected chi connectivity index (χ1v) is 10.5. The fourth-order valence-corrected chi connectivity index (χ4v) is 3.62. The molecule has 0 radical (unpaired) electrons. The van der Waals surface area contributed by atoms with Gasteiger partial charge in [-0.2, -0.15) is 0 Å². The van der Waals surface area contributed by atoms with Gasteiger partial charge in [0.1, 0.15) is 5.52 Å². The van der Waals surface area contributed by atoms with E-state index in [-0.39, 0.29) is 5.56 Å². The van der Waals surface area contributed by atoms with Gasteiger partial charge >= 0.3 is 5.97 Å². The van der Waals surface area contributed by atoms with Crippen LogP contribution >= 0.6 is 0 Å². The van der Waals surface area contributed by atoms with Crippen molar-refractivity contribution in [3.8, 4) is 11.5 Å². The van der Waals surface area contributed by atoms with Gasteiger partial charge in [0.15, 0.2) is 11.7 Å². The molecular formula is C27H20N2O4. The second-order valence-electron chi connectivity index (χ2n) is 7.63. The number of hydrogen-bond donors (Lipinski definition) is 1. The molecule has 0 saturated heterocycles. The largest absolute Gasteiger partial charge is 0.449 e. The molecule has 5 rings (SSSR count). The molecule has 4 aromatic carbocycles. The topological polar surface area (TPSA) is 81.4 Å². The number of esters is 1. The smallest absolute Gasteiger partial charge is 0.339 e. The van der Waals surface area contributed by atoms with Crippen molar-refractivity contribution in [2.24, 2.45) is 0 Å². The molecule has 6 nitrogen and oxygen atoms in total. The van der Waals surface area contributed by atoms with Gasteiger partial charge in [-0.05, 0) is 54.1 Å². The van der Waals surface area contributed by atoms with E-state index >= 15 is 0 Å². The maximum Gasteiger partial charge on any atom is 0.339 e. The quantitative estimate of drug-likeness (QED) is 0.351. The van der Waals surface area contributed by atoms with Crippen LogP contribution in [0.2, 0.25) is 0 Å². The van der Waals surface area contributed by atoms with Gasteiger partial charge in [-0.1, -0.05) is 54.6 Å². The minimum absolute atomic E-state index is 0.273. The van der Waals surface area contributed by atoms with Crippen molar-refractivity contribution in [1.82, 2.24) is 4.98 Å². The molecule has 1 N–H and O–H groups in total. The number of anilines is 1. The zero-order valence-electron chi connectivity index (χ0n) is 17.8. The summed E-state index contributed by atoms with van der Waals surface area (Å²) in [6.07, 6.45) is -0.999. The van der Waals surface area contributed by atoms with E-state index in [1.165, 1.54) is 6.92 Å². The summed E-state index contributed by atoms with van der Waals surface area (Å²) in [5.74, 6) is -0.732. The maximum absolute atomic E-state index is 12.9. The van der Waals surface area contributed by atoms with E-state index in [2.05, 4.69) is 10.3 Å². The van der Waals surface area contributed by atoms with Crippen molar-refractivity contribution >= 4 is 39.4 Å². The normalized spacial score (nSPS) is 11.9. The molecule has 0 spiro atoms. The number of oxazole rings is 1. The van der Waals surface area contributed by atoms with E-state index in [4.69, 9.17) is 9.15 Å². The SMILES string of the molecule is CC(OC(=O)c1ccccc1-c1nc2ccccc2o1)C(=O)Nc1ccc2ccccc2c1. The average Bonchev–Trinajstić information content (AvgIpc) is 3.28. The molecule has 1 unspecified atom stereocenters. The second kappa shape index (κ2) is 8.59.